The zero-order chi connectivity index (χ0) is 19.0. The molecule has 0 radical (unpaired) electrons. The second-order valence-electron chi connectivity index (χ2n) is 6.86. The van der Waals surface area contributed by atoms with Gasteiger partial charge in [0.05, 0.1) is 16.9 Å². The molecule has 0 amide bonds. The highest BCUT2D eigenvalue weighted by atomic mass is 19.1. The van der Waals surface area contributed by atoms with Gasteiger partial charge in [-0.25, -0.2) is 9.18 Å². The molecule has 5 nitrogen and oxygen atoms in total. The van der Waals surface area contributed by atoms with Crippen LogP contribution < -0.4 is 11.2 Å². The average molecular weight is 346 g/mol. The van der Waals surface area contributed by atoms with Crippen molar-refractivity contribution in [2.75, 3.05) is 0 Å². The van der Waals surface area contributed by atoms with Crippen molar-refractivity contribution in [1.82, 2.24) is 9.13 Å². The molecule has 1 aromatic carbocycles. The van der Waals surface area contributed by atoms with E-state index in [1.54, 1.807) is 25.4 Å². The van der Waals surface area contributed by atoms with Gasteiger partial charge in [0.1, 0.15) is 5.82 Å². The van der Waals surface area contributed by atoms with Crippen LogP contribution in [0.3, 0.4) is 0 Å². The monoisotopic (exact) mass is 346 g/mol. The molecule has 1 aromatic heterocycles. The fraction of sp³-hybridized carbons (Fsp3) is 0.389. The van der Waals surface area contributed by atoms with Gasteiger partial charge >= 0.3 is 12.8 Å². The number of nitrogens with zero attached hydrogens (tertiary/aromatic N) is 2. The van der Waals surface area contributed by atoms with E-state index in [2.05, 4.69) is 13.2 Å². The van der Waals surface area contributed by atoms with Gasteiger partial charge in [-0.1, -0.05) is 6.07 Å². The molecule has 1 saturated heterocycles. The lowest BCUT2D eigenvalue weighted by atomic mass is 9.79. The third-order valence-corrected chi connectivity index (χ3v) is 4.70. The standard InChI is InChI=1S/C16H20BFN2O3.C2H4/c1-15(2)16(3,4)23-17(22-15)11-6-7-13(12(18)10-11)20-9-8-19(5)14(20)21;1-2/h6-10H,1-5H3;1-2H2. The first-order valence-corrected chi connectivity index (χ1v) is 8.02. The topological polar surface area (TPSA) is 45.4 Å². The summed E-state index contributed by atoms with van der Waals surface area (Å²) in [4.78, 5) is 11.9. The zero-order valence-corrected chi connectivity index (χ0v) is 15.4. The molecule has 0 bridgehead atoms. The van der Waals surface area contributed by atoms with Crippen molar-refractivity contribution < 1.29 is 13.7 Å². The van der Waals surface area contributed by atoms with Crippen molar-refractivity contribution in [2.45, 2.75) is 38.9 Å². The van der Waals surface area contributed by atoms with Crippen molar-refractivity contribution in [1.29, 1.82) is 0 Å². The van der Waals surface area contributed by atoms with Crippen LogP contribution in [0.1, 0.15) is 27.7 Å². The highest BCUT2D eigenvalue weighted by molar-refractivity contribution is 6.62. The number of aromatic nitrogens is 2. The molecular formula is C18H24BFN2O3. The Bertz CT molecular complexity index is 810. The lowest BCUT2D eigenvalue weighted by molar-refractivity contribution is 0.00578. The molecule has 2 heterocycles. The lowest BCUT2D eigenvalue weighted by Gasteiger charge is -2.32. The number of aryl methyl sites for hydroxylation is 1. The molecule has 0 saturated carbocycles. The van der Waals surface area contributed by atoms with E-state index in [9.17, 15) is 9.18 Å². The van der Waals surface area contributed by atoms with Crippen LogP contribution in [0.5, 0.6) is 0 Å². The van der Waals surface area contributed by atoms with Gasteiger partial charge in [-0.05, 0) is 45.3 Å². The van der Waals surface area contributed by atoms with Gasteiger partial charge in [0.15, 0.2) is 0 Å². The van der Waals surface area contributed by atoms with Crippen LogP contribution in [-0.4, -0.2) is 27.5 Å². The highest BCUT2D eigenvalue weighted by Gasteiger charge is 2.51. The minimum absolute atomic E-state index is 0.205. The smallest absolute Gasteiger partial charge is 0.399 e. The quantitative estimate of drug-likeness (QED) is 0.620. The van der Waals surface area contributed by atoms with Crippen molar-refractivity contribution >= 4 is 12.6 Å². The van der Waals surface area contributed by atoms with Crippen molar-refractivity contribution in [3.8, 4) is 5.69 Å². The normalized spacial score (nSPS) is 17.9. The SMILES string of the molecule is C=C.Cn1ccn(-c2ccc(B3OC(C)(C)C(C)(C)O3)cc2F)c1=O. The van der Waals surface area contributed by atoms with Crippen molar-refractivity contribution in [3.05, 3.63) is 60.1 Å². The van der Waals surface area contributed by atoms with Crippen LogP contribution in [0.25, 0.3) is 5.69 Å². The predicted molar refractivity (Wildman–Crippen MR) is 97.9 cm³/mol. The number of benzene rings is 1. The molecule has 3 rings (SSSR count). The molecule has 7 heteroatoms. The second-order valence-corrected chi connectivity index (χ2v) is 6.86. The molecule has 1 fully saturated rings. The first-order chi connectivity index (χ1) is 11.6. The molecular weight excluding hydrogens is 322 g/mol. The predicted octanol–water partition coefficient (Wildman–Crippen LogP) is 2.42. The molecule has 0 N–H and O–H groups in total. The van der Waals surface area contributed by atoms with E-state index in [1.165, 1.54) is 21.4 Å². The minimum atomic E-state index is -0.629. The number of hydrogen-bond acceptors (Lipinski definition) is 3. The van der Waals surface area contributed by atoms with Gasteiger partial charge in [0, 0.05) is 19.4 Å². The molecule has 0 atom stereocenters. The summed E-state index contributed by atoms with van der Waals surface area (Å²) in [5.41, 5.74) is -0.469. The summed E-state index contributed by atoms with van der Waals surface area (Å²) in [5.74, 6) is -0.495. The Morgan fingerprint density at radius 3 is 2.08 bits per heavy atom. The Hall–Kier alpha value is -2.12. The zero-order valence-electron chi connectivity index (χ0n) is 15.4. The second kappa shape index (κ2) is 6.65. The molecule has 25 heavy (non-hydrogen) atoms. The Balaban J connectivity index is 0.00000109. The lowest BCUT2D eigenvalue weighted by Crippen LogP contribution is -2.41. The van der Waals surface area contributed by atoms with E-state index in [-0.39, 0.29) is 11.4 Å². The van der Waals surface area contributed by atoms with Gasteiger partial charge in [-0.2, -0.15) is 0 Å². The van der Waals surface area contributed by atoms with Crippen LogP contribution in [0, 0.1) is 5.82 Å². The number of hydrogen-bond donors (Lipinski definition) is 0. The first kappa shape index (κ1) is 19.2. The maximum Gasteiger partial charge on any atom is 0.494 e. The van der Waals surface area contributed by atoms with E-state index in [0.717, 1.165) is 0 Å². The summed E-state index contributed by atoms with van der Waals surface area (Å²) >= 11 is 0. The third kappa shape index (κ3) is 3.34. The summed E-state index contributed by atoms with van der Waals surface area (Å²) < 4.78 is 29.0. The van der Waals surface area contributed by atoms with Gasteiger partial charge in [0.25, 0.3) is 0 Å². The largest absolute Gasteiger partial charge is 0.494 e. The molecule has 1 aliphatic rings. The minimum Gasteiger partial charge on any atom is -0.399 e. The number of halogens is 1. The Morgan fingerprint density at radius 1 is 1.08 bits per heavy atom. The molecule has 0 spiro atoms. The summed E-state index contributed by atoms with van der Waals surface area (Å²) in [6.07, 6.45) is 3.12. The molecule has 134 valence electrons. The van der Waals surface area contributed by atoms with E-state index in [0.29, 0.717) is 5.46 Å². The Labute approximate surface area is 147 Å². The molecule has 1 aliphatic heterocycles. The van der Waals surface area contributed by atoms with Crippen molar-refractivity contribution in [3.63, 3.8) is 0 Å². The summed E-state index contributed by atoms with van der Waals surface area (Å²) in [6.45, 7) is 13.8. The van der Waals surface area contributed by atoms with Crippen LogP contribution in [0.15, 0.2) is 48.5 Å². The molecule has 0 unspecified atom stereocenters. The van der Waals surface area contributed by atoms with Crippen molar-refractivity contribution in [2.24, 2.45) is 7.05 Å². The van der Waals surface area contributed by atoms with Gasteiger partial charge in [0.2, 0.25) is 0 Å². The molecule has 2 aromatic rings. The summed E-state index contributed by atoms with van der Waals surface area (Å²) in [7, 11) is 0.992. The van der Waals surface area contributed by atoms with Gasteiger partial charge in [-0.15, -0.1) is 13.2 Å². The maximum absolute atomic E-state index is 14.5. The van der Waals surface area contributed by atoms with Crippen LogP contribution in [0.4, 0.5) is 4.39 Å². The van der Waals surface area contributed by atoms with E-state index >= 15 is 0 Å². The fourth-order valence-electron chi connectivity index (χ4n) is 2.49. The van der Waals surface area contributed by atoms with Gasteiger partial charge in [-0.3, -0.25) is 4.57 Å². The van der Waals surface area contributed by atoms with Crippen LogP contribution in [0.2, 0.25) is 0 Å². The van der Waals surface area contributed by atoms with E-state index in [1.807, 2.05) is 27.7 Å². The highest BCUT2D eigenvalue weighted by Crippen LogP contribution is 2.36. The Kier molecular flexibility index (Phi) is 5.11. The molecule has 0 aliphatic carbocycles. The van der Waals surface area contributed by atoms with E-state index in [4.69, 9.17) is 9.31 Å². The maximum atomic E-state index is 14.5. The summed E-state index contributed by atoms with van der Waals surface area (Å²) in [5, 5.41) is 0. The Morgan fingerprint density at radius 2 is 1.64 bits per heavy atom. The average Bonchev–Trinajstić information content (AvgIpc) is 2.98. The third-order valence-electron chi connectivity index (χ3n) is 4.70. The van der Waals surface area contributed by atoms with Crippen LogP contribution >= 0.6 is 0 Å². The summed E-state index contributed by atoms with van der Waals surface area (Å²) in [6, 6.07) is 4.65. The number of imidazole rings is 1. The first-order valence-electron chi connectivity index (χ1n) is 8.02. The van der Waals surface area contributed by atoms with Crippen LogP contribution in [-0.2, 0) is 16.4 Å². The number of rotatable bonds is 2. The van der Waals surface area contributed by atoms with E-state index < -0.39 is 24.1 Å². The van der Waals surface area contributed by atoms with Gasteiger partial charge < -0.3 is 13.9 Å². The fourth-order valence-corrected chi connectivity index (χ4v) is 2.49.